The molecule has 0 aromatic rings. The van der Waals surface area contributed by atoms with Gasteiger partial charge in [0.15, 0.2) is 0 Å². The number of hydrogen-bond donors (Lipinski definition) is 0. The molecule has 2 aliphatic rings. The maximum absolute atomic E-state index is 11.2. The van der Waals surface area contributed by atoms with Crippen molar-refractivity contribution in [3.63, 3.8) is 0 Å². The maximum atomic E-state index is 11.2. The van der Waals surface area contributed by atoms with Crippen molar-refractivity contribution in [2.24, 2.45) is 11.8 Å². The summed E-state index contributed by atoms with van der Waals surface area (Å²) in [7, 11) is 0. The molecule has 2 aliphatic carbocycles. The standard InChI is InChI=1S/C9H12Br2O/c10-9(11)7-3-1-2-6(12)4-5-8(7)9/h7-8H,1-5H2/t7-,8+/m1/s1. The van der Waals surface area contributed by atoms with Gasteiger partial charge >= 0.3 is 0 Å². The van der Waals surface area contributed by atoms with Gasteiger partial charge in [0.1, 0.15) is 5.78 Å². The van der Waals surface area contributed by atoms with E-state index < -0.39 is 0 Å². The van der Waals surface area contributed by atoms with Crippen LogP contribution in [-0.2, 0) is 4.79 Å². The Morgan fingerprint density at radius 1 is 1.17 bits per heavy atom. The number of fused-ring (bicyclic) bond motifs is 1. The van der Waals surface area contributed by atoms with Gasteiger partial charge < -0.3 is 0 Å². The van der Waals surface area contributed by atoms with Crippen molar-refractivity contribution in [2.45, 2.75) is 35.3 Å². The van der Waals surface area contributed by atoms with Crippen LogP contribution in [0.15, 0.2) is 0 Å². The number of carbonyl (C=O) groups is 1. The highest BCUT2D eigenvalue weighted by molar-refractivity contribution is 9.25. The zero-order chi connectivity index (χ0) is 8.77. The molecule has 0 aromatic heterocycles. The van der Waals surface area contributed by atoms with E-state index in [1.54, 1.807) is 0 Å². The fourth-order valence-corrected chi connectivity index (χ4v) is 4.14. The molecule has 12 heavy (non-hydrogen) atoms. The van der Waals surface area contributed by atoms with Crippen molar-refractivity contribution < 1.29 is 4.79 Å². The Labute approximate surface area is 89.5 Å². The first kappa shape index (κ1) is 9.20. The van der Waals surface area contributed by atoms with Crippen LogP contribution in [0, 0.1) is 11.8 Å². The van der Waals surface area contributed by atoms with E-state index in [4.69, 9.17) is 0 Å². The minimum absolute atomic E-state index is 0.185. The minimum atomic E-state index is 0.185. The van der Waals surface area contributed by atoms with E-state index >= 15 is 0 Å². The summed E-state index contributed by atoms with van der Waals surface area (Å²) in [6, 6.07) is 0. The summed E-state index contributed by atoms with van der Waals surface area (Å²) < 4.78 is 0.185. The second kappa shape index (κ2) is 3.09. The minimum Gasteiger partial charge on any atom is -0.300 e. The molecule has 0 spiro atoms. The lowest BCUT2D eigenvalue weighted by atomic mass is 10.0. The van der Waals surface area contributed by atoms with Gasteiger partial charge in [-0.1, -0.05) is 31.9 Å². The number of hydrogen-bond acceptors (Lipinski definition) is 1. The normalized spacial score (nSPS) is 39.7. The van der Waals surface area contributed by atoms with Gasteiger partial charge in [-0.3, -0.25) is 4.79 Å². The topological polar surface area (TPSA) is 17.1 Å². The first-order valence-corrected chi connectivity index (χ1v) is 6.10. The van der Waals surface area contributed by atoms with Gasteiger partial charge in [0.25, 0.3) is 0 Å². The molecule has 2 saturated carbocycles. The molecule has 3 heteroatoms. The molecule has 0 saturated heterocycles. The summed E-state index contributed by atoms with van der Waals surface area (Å²) in [6.07, 6.45) is 4.95. The van der Waals surface area contributed by atoms with Gasteiger partial charge in [0.05, 0.1) is 3.23 Å². The van der Waals surface area contributed by atoms with Crippen LogP contribution in [0.2, 0.25) is 0 Å². The molecule has 0 amide bonds. The zero-order valence-electron chi connectivity index (χ0n) is 6.85. The third kappa shape index (κ3) is 1.50. The fourth-order valence-electron chi connectivity index (χ4n) is 2.21. The van der Waals surface area contributed by atoms with Gasteiger partial charge in [-0.15, -0.1) is 0 Å². The maximum Gasteiger partial charge on any atom is 0.132 e. The molecule has 2 fully saturated rings. The van der Waals surface area contributed by atoms with E-state index in [1.165, 1.54) is 6.42 Å². The van der Waals surface area contributed by atoms with Crippen molar-refractivity contribution in [1.29, 1.82) is 0 Å². The van der Waals surface area contributed by atoms with E-state index in [9.17, 15) is 4.79 Å². The van der Waals surface area contributed by atoms with E-state index in [0.29, 0.717) is 11.7 Å². The monoisotopic (exact) mass is 294 g/mol. The molecule has 1 nitrogen and oxygen atoms in total. The first-order valence-electron chi connectivity index (χ1n) is 4.52. The smallest absolute Gasteiger partial charge is 0.132 e. The van der Waals surface area contributed by atoms with Crippen molar-refractivity contribution in [3.8, 4) is 0 Å². The highest BCUT2D eigenvalue weighted by atomic mass is 79.9. The van der Waals surface area contributed by atoms with E-state index in [-0.39, 0.29) is 3.23 Å². The van der Waals surface area contributed by atoms with Crippen molar-refractivity contribution in [2.75, 3.05) is 0 Å². The molecular formula is C9H12Br2O. The Bertz CT molecular complexity index is 213. The predicted octanol–water partition coefficient (Wildman–Crippen LogP) is 3.25. The van der Waals surface area contributed by atoms with Crippen LogP contribution < -0.4 is 0 Å². The van der Waals surface area contributed by atoms with Crippen LogP contribution in [0.4, 0.5) is 0 Å². The molecule has 0 heterocycles. The van der Waals surface area contributed by atoms with E-state index in [0.717, 1.165) is 31.6 Å². The van der Waals surface area contributed by atoms with Gasteiger partial charge in [-0.2, -0.15) is 0 Å². The number of halogens is 2. The quantitative estimate of drug-likeness (QED) is 0.627. The summed E-state index contributed by atoms with van der Waals surface area (Å²) in [4.78, 5) is 11.2. The zero-order valence-corrected chi connectivity index (χ0v) is 10.0. The molecule has 0 aromatic carbocycles. The lowest BCUT2D eigenvalue weighted by molar-refractivity contribution is -0.119. The number of alkyl halides is 2. The van der Waals surface area contributed by atoms with Crippen LogP contribution in [0.3, 0.4) is 0 Å². The van der Waals surface area contributed by atoms with Gasteiger partial charge in [-0.05, 0) is 31.1 Å². The molecular weight excluding hydrogens is 284 g/mol. The van der Waals surface area contributed by atoms with Gasteiger partial charge in [0, 0.05) is 12.8 Å². The third-order valence-electron chi connectivity index (χ3n) is 3.07. The molecule has 0 N–H and O–H groups in total. The highest BCUT2D eigenvalue weighted by Crippen LogP contribution is 2.66. The van der Waals surface area contributed by atoms with Crippen LogP contribution in [0.1, 0.15) is 32.1 Å². The Hall–Kier alpha value is 0.630. The average Bonchev–Trinajstić information content (AvgIpc) is 2.44. The van der Waals surface area contributed by atoms with E-state index in [2.05, 4.69) is 31.9 Å². The third-order valence-corrected chi connectivity index (χ3v) is 5.42. The Morgan fingerprint density at radius 3 is 2.58 bits per heavy atom. The van der Waals surface area contributed by atoms with Gasteiger partial charge in [0.2, 0.25) is 0 Å². The average molecular weight is 296 g/mol. The summed E-state index contributed by atoms with van der Waals surface area (Å²) in [6.45, 7) is 0. The number of ketones is 1. The molecule has 68 valence electrons. The van der Waals surface area contributed by atoms with Crippen LogP contribution in [0.25, 0.3) is 0 Å². The van der Waals surface area contributed by atoms with E-state index in [1.807, 2.05) is 0 Å². The highest BCUT2D eigenvalue weighted by Gasteiger charge is 2.60. The summed E-state index contributed by atoms with van der Waals surface area (Å²) in [5.74, 6) is 1.92. The number of rotatable bonds is 0. The summed E-state index contributed by atoms with van der Waals surface area (Å²) in [5.41, 5.74) is 0. The van der Waals surface area contributed by atoms with Crippen LogP contribution in [-0.4, -0.2) is 9.02 Å². The van der Waals surface area contributed by atoms with Crippen LogP contribution >= 0.6 is 31.9 Å². The first-order chi connectivity index (χ1) is 5.62. The fraction of sp³-hybridized carbons (Fsp3) is 0.889. The molecule has 0 radical (unpaired) electrons. The predicted molar refractivity (Wildman–Crippen MR) is 55.7 cm³/mol. The molecule has 0 aliphatic heterocycles. The largest absolute Gasteiger partial charge is 0.300 e. The van der Waals surface area contributed by atoms with Crippen molar-refractivity contribution >= 4 is 37.6 Å². The second-order valence-electron chi connectivity index (χ2n) is 3.86. The van der Waals surface area contributed by atoms with Crippen molar-refractivity contribution in [1.82, 2.24) is 0 Å². The molecule has 2 rings (SSSR count). The molecule has 2 atom stereocenters. The lowest BCUT2D eigenvalue weighted by Crippen LogP contribution is -2.02. The Morgan fingerprint density at radius 2 is 1.83 bits per heavy atom. The van der Waals surface area contributed by atoms with Crippen molar-refractivity contribution in [3.05, 3.63) is 0 Å². The summed E-state index contributed by atoms with van der Waals surface area (Å²) >= 11 is 7.35. The Balaban J connectivity index is 1.99. The lowest BCUT2D eigenvalue weighted by Gasteiger charge is -2.04. The molecule has 0 unspecified atom stereocenters. The summed E-state index contributed by atoms with van der Waals surface area (Å²) in [5, 5.41) is 0. The number of carbonyl (C=O) groups excluding carboxylic acids is 1. The second-order valence-corrected chi connectivity index (χ2v) is 7.55. The Kier molecular flexibility index (Phi) is 2.37. The SMILES string of the molecule is O=C1CCC[C@@H]2[C@H](CC1)C2(Br)Br. The molecule has 0 bridgehead atoms. The van der Waals surface area contributed by atoms with Gasteiger partial charge in [-0.25, -0.2) is 0 Å². The van der Waals surface area contributed by atoms with Crippen LogP contribution in [0.5, 0.6) is 0 Å². The number of Topliss-reactive ketones (excluding diaryl/α,β-unsaturated/α-hetero) is 1.